The fraction of sp³-hybridized carbons (Fsp3) is 0.467. The van der Waals surface area contributed by atoms with Crippen LogP contribution in [-0.4, -0.2) is 44.6 Å². The maximum atomic E-state index is 12.1. The molecule has 0 aromatic heterocycles. The third kappa shape index (κ3) is 4.57. The van der Waals surface area contributed by atoms with Crippen molar-refractivity contribution in [1.29, 1.82) is 0 Å². The first-order valence-corrected chi connectivity index (χ1v) is 6.42. The van der Waals surface area contributed by atoms with Crippen LogP contribution >= 0.6 is 0 Å². The Morgan fingerprint density at radius 1 is 1.30 bits per heavy atom. The van der Waals surface area contributed by atoms with E-state index in [-0.39, 0.29) is 24.2 Å². The molecule has 110 valence electrons. The number of benzene rings is 1. The van der Waals surface area contributed by atoms with Crippen molar-refractivity contribution in [3.8, 4) is 5.75 Å². The van der Waals surface area contributed by atoms with Crippen molar-refractivity contribution in [2.24, 2.45) is 5.92 Å². The molecule has 1 atom stereocenters. The van der Waals surface area contributed by atoms with Crippen LogP contribution in [0.1, 0.15) is 12.5 Å². The summed E-state index contributed by atoms with van der Waals surface area (Å²) >= 11 is 0. The molecule has 0 saturated carbocycles. The number of hydrogen-bond acceptors (Lipinski definition) is 4. The van der Waals surface area contributed by atoms with Crippen LogP contribution in [0.5, 0.6) is 5.75 Å². The molecule has 0 spiro atoms. The van der Waals surface area contributed by atoms with E-state index in [1.165, 1.54) is 7.11 Å². The van der Waals surface area contributed by atoms with E-state index < -0.39 is 0 Å². The molecule has 0 N–H and O–H groups in total. The second kappa shape index (κ2) is 7.53. The number of nitrogens with zero attached hydrogens (tertiary/aromatic N) is 1. The van der Waals surface area contributed by atoms with Crippen LogP contribution in [0, 0.1) is 5.92 Å². The van der Waals surface area contributed by atoms with Crippen molar-refractivity contribution in [3.05, 3.63) is 29.8 Å². The van der Waals surface area contributed by atoms with Crippen molar-refractivity contribution < 1.29 is 19.1 Å². The van der Waals surface area contributed by atoms with E-state index in [9.17, 15) is 9.59 Å². The Labute approximate surface area is 119 Å². The number of ether oxygens (including phenoxy) is 2. The lowest BCUT2D eigenvalue weighted by Gasteiger charge is -2.20. The van der Waals surface area contributed by atoms with E-state index >= 15 is 0 Å². The van der Waals surface area contributed by atoms with E-state index in [1.54, 1.807) is 26.0 Å². The Morgan fingerprint density at radius 3 is 2.60 bits per heavy atom. The van der Waals surface area contributed by atoms with Crippen molar-refractivity contribution >= 4 is 11.9 Å². The number of amides is 1. The van der Waals surface area contributed by atoms with Crippen LogP contribution in [0.15, 0.2) is 24.3 Å². The monoisotopic (exact) mass is 279 g/mol. The van der Waals surface area contributed by atoms with Crippen LogP contribution in [-0.2, 0) is 20.7 Å². The van der Waals surface area contributed by atoms with Gasteiger partial charge in [-0.3, -0.25) is 9.59 Å². The maximum Gasteiger partial charge on any atom is 0.310 e. The van der Waals surface area contributed by atoms with Crippen LogP contribution in [0.25, 0.3) is 0 Å². The minimum Gasteiger partial charge on any atom is -0.497 e. The highest BCUT2D eigenvalue weighted by Gasteiger charge is 2.18. The molecule has 0 aliphatic carbocycles. The summed E-state index contributed by atoms with van der Waals surface area (Å²) in [5.74, 6) is 0.0279. The van der Waals surface area contributed by atoms with E-state index in [4.69, 9.17) is 4.74 Å². The van der Waals surface area contributed by atoms with E-state index in [0.717, 1.165) is 11.3 Å². The first kappa shape index (κ1) is 16.0. The van der Waals surface area contributed by atoms with Crippen molar-refractivity contribution in [3.63, 3.8) is 0 Å². The van der Waals surface area contributed by atoms with E-state index in [0.29, 0.717) is 6.54 Å². The zero-order chi connectivity index (χ0) is 15.1. The Morgan fingerprint density at radius 2 is 2.00 bits per heavy atom. The normalized spacial score (nSPS) is 11.6. The van der Waals surface area contributed by atoms with E-state index in [2.05, 4.69) is 4.74 Å². The van der Waals surface area contributed by atoms with Crippen LogP contribution in [0.4, 0.5) is 0 Å². The summed E-state index contributed by atoms with van der Waals surface area (Å²) in [7, 11) is 4.62. The minimum atomic E-state index is -0.334. The lowest BCUT2D eigenvalue weighted by atomic mass is 10.1. The molecule has 1 aromatic carbocycles. The summed E-state index contributed by atoms with van der Waals surface area (Å²) < 4.78 is 9.77. The van der Waals surface area contributed by atoms with Crippen LogP contribution < -0.4 is 4.74 Å². The minimum absolute atomic E-state index is 0.0472. The zero-order valence-corrected chi connectivity index (χ0v) is 12.4. The maximum absolute atomic E-state index is 12.1. The van der Waals surface area contributed by atoms with Gasteiger partial charge in [-0.25, -0.2) is 0 Å². The molecule has 1 unspecified atom stereocenters. The molecule has 0 saturated heterocycles. The molecular formula is C15H21NO4. The fourth-order valence-electron chi connectivity index (χ4n) is 1.88. The summed E-state index contributed by atoms with van der Waals surface area (Å²) in [6.07, 6.45) is 0.279. The third-order valence-corrected chi connectivity index (χ3v) is 3.07. The highest BCUT2D eigenvalue weighted by atomic mass is 16.5. The van der Waals surface area contributed by atoms with Gasteiger partial charge in [0.25, 0.3) is 0 Å². The topological polar surface area (TPSA) is 55.8 Å². The average Bonchev–Trinajstić information content (AvgIpc) is 2.46. The first-order chi connectivity index (χ1) is 9.47. The SMILES string of the molecule is COC(=O)C(C)CN(C)C(=O)Cc1cccc(OC)c1. The van der Waals surface area contributed by atoms with Gasteiger partial charge in [0.05, 0.1) is 26.6 Å². The third-order valence-electron chi connectivity index (χ3n) is 3.07. The molecule has 0 fully saturated rings. The van der Waals surface area contributed by atoms with Gasteiger partial charge in [0.2, 0.25) is 5.91 Å². The molecule has 0 heterocycles. The quantitative estimate of drug-likeness (QED) is 0.741. The highest BCUT2D eigenvalue weighted by Crippen LogP contribution is 2.14. The molecular weight excluding hydrogens is 258 g/mol. The average molecular weight is 279 g/mol. The number of likely N-dealkylation sites (N-methyl/N-ethyl adjacent to an activating group) is 1. The Bertz CT molecular complexity index is 473. The molecule has 5 heteroatoms. The molecule has 1 rings (SSSR count). The number of rotatable bonds is 6. The summed E-state index contributed by atoms with van der Waals surface area (Å²) in [6.45, 7) is 2.08. The van der Waals surface area contributed by atoms with E-state index in [1.807, 2.05) is 24.3 Å². The summed E-state index contributed by atoms with van der Waals surface area (Å²) in [4.78, 5) is 25.0. The smallest absolute Gasteiger partial charge is 0.310 e. The summed E-state index contributed by atoms with van der Waals surface area (Å²) in [5.41, 5.74) is 0.881. The first-order valence-electron chi connectivity index (χ1n) is 6.42. The number of carbonyl (C=O) groups is 2. The van der Waals surface area contributed by atoms with Gasteiger partial charge in [-0.1, -0.05) is 19.1 Å². The molecule has 1 amide bonds. The van der Waals surface area contributed by atoms with Gasteiger partial charge in [-0.05, 0) is 17.7 Å². The lowest BCUT2D eigenvalue weighted by Crippen LogP contribution is -2.35. The molecule has 0 aliphatic rings. The zero-order valence-electron chi connectivity index (χ0n) is 12.4. The predicted molar refractivity (Wildman–Crippen MR) is 75.5 cm³/mol. The Kier molecular flexibility index (Phi) is 6.03. The number of esters is 1. The van der Waals surface area contributed by atoms with Gasteiger partial charge in [0.1, 0.15) is 5.75 Å². The Balaban J connectivity index is 2.59. The second-order valence-electron chi connectivity index (χ2n) is 4.73. The summed E-state index contributed by atoms with van der Waals surface area (Å²) in [6, 6.07) is 7.38. The Hall–Kier alpha value is -2.04. The highest BCUT2D eigenvalue weighted by molar-refractivity contribution is 5.79. The lowest BCUT2D eigenvalue weighted by molar-refractivity contribution is -0.146. The fourth-order valence-corrected chi connectivity index (χ4v) is 1.88. The van der Waals surface area contributed by atoms with Crippen LogP contribution in [0.3, 0.4) is 0 Å². The molecule has 0 bridgehead atoms. The van der Waals surface area contributed by atoms with Gasteiger partial charge < -0.3 is 14.4 Å². The van der Waals surface area contributed by atoms with Crippen molar-refractivity contribution in [2.45, 2.75) is 13.3 Å². The largest absolute Gasteiger partial charge is 0.497 e. The van der Waals surface area contributed by atoms with Crippen molar-refractivity contribution in [1.82, 2.24) is 4.90 Å². The van der Waals surface area contributed by atoms with Gasteiger partial charge in [-0.2, -0.15) is 0 Å². The van der Waals surface area contributed by atoms with Gasteiger partial charge in [0.15, 0.2) is 0 Å². The van der Waals surface area contributed by atoms with Gasteiger partial charge >= 0.3 is 5.97 Å². The van der Waals surface area contributed by atoms with Crippen molar-refractivity contribution in [2.75, 3.05) is 27.8 Å². The molecule has 0 aliphatic heterocycles. The number of carbonyl (C=O) groups excluding carboxylic acids is 2. The number of methoxy groups -OCH3 is 2. The molecule has 20 heavy (non-hydrogen) atoms. The van der Waals surface area contributed by atoms with Gasteiger partial charge in [-0.15, -0.1) is 0 Å². The molecule has 0 radical (unpaired) electrons. The molecule has 1 aromatic rings. The van der Waals surface area contributed by atoms with Crippen LogP contribution in [0.2, 0.25) is 0 Å². The summed E-state index contributed by atoms with van der Waals surface area (Å²) in [5, 5.41) is 0. The predicted octanol–water partition coefficient (Wildman–Crippen LogP) is 1.51. The molecule has 5 nitrogen and oxygen atoms in total. The second-order valence-corrected chi connectivity index (χ2v) is 4.73. The van der Waals surface area contributed by atoms with Gasteiger partial charge in [0, 0.05) is 13.6 Å². The standard InChI is InChI=1S/C15H21NO4/c1-11(15(18)20-4)10-16(2)14(17)9-12-6-5-7-13(8-12)19-3/h5-8,11H,9-10H2,1-4H3. The number of hydrogen-bond donors (Lipinski definition) is 0.